The van der Waals surface area contributed by atoms with Crippen LogP contribution >= 0.6 is 0 Å². The van der Waals surface area contributed by atoms with E-state index in [1.165, 1.54) is 6.26 Å². The molecule has 0 aliphatic rings. The van der Waals surface area contributed by atoms with Gasteiger partial charge in [0.1, 0.15) is 0 Å². The van der Waals surface area contributed by atoms with Gasteiger partial charge in [0, 0.05) is 25.5 Å². The topological polar surface area (TPSA) is 46.3 Å². The first kappa shape index (κ1) is 13.3. The number of aromatic nitrogens is 1. The quantitative estimate of drug-likeness (QED) is 0.799. The second-order valence-electron chi connectivity index (χ2n) is 4.42. The highest BCUT2D eigenvalue weighted by Gasteiger charge is 2.17. The van der Waals surface area contributed by atoms with Crippen LogP contribution in [-0.4, -0.2) is 22.3 Å². The number of rotatable bonds is 6. The molecule has 0 radical (unpaired) electrons. The molecule has 2 aromatic rings. The Hall–Kier alpha value is -2.10. The van der Waals surface area contributed by atoms with E-state index in [4.69, 9.17) is 4.42 Å². The predicted molar refractivity (Wildman–Crippen MR) is 72.6 cm³/mol. The molecule has 4 nitrogen and oxygen atoms in total. The van der Waals surface area contributed by atoms with Gasteiger partial charge < -0.3 is 9.32 Å². The van der Waals surface area contributed by atoms with Crippen molar-refractivity contribution >= 4 is 5.91 Å². The molecule has 100 valence electrons. The van der Waals surface area contributed by atoms with E-state index in [0.29, 0.717) is 12.3 Å². The lowest BCUT2D eigenvalue weighted by Gasteiger charge is -2.21. The Balaban J connectivity index is 2.09. The van der Waals surface area contributed by atoms with Crippen molar-refractivity contribution < 1.29 is 9.21 Å². The van der Waals surface area contributed by atoms with Crippen LogP contribution in [0.15, 0.2) is 47.3 Å². The van der Waals surface area contributed by atoms with E-state index in [-0.39, 0.29) is 5.91 Å². The summed E-state index contributed by atoms with van der Waals surface area (Å²) in [6.07, 6.45) is 7.07. The van der Waals surface area contributed by atoms with E-state index in [1.807, 2.05) is 12.1 Å². The van der Waals surface area contributed by atoms with Crippen LogP contribution in [0.4, 0.5) is 0 Å². The third-order valence-electron chi connectivity index (χ3n) is 2.90. The molecule has 0 saturated carbocycles. The number of unbranched alkanes of at least 4 members (excludes halogenated alkanes) is 1. The highest BCUT2D eigenvalue weighted by Crippen LogP contribution is 2.11. The van der Waals surface area contributed by atoms with E-state index < -0.39 is 0 Å². The average molecular weight is 258 g/mol. The number of furan rings is 1. The van der Waals surface area contributed by atoms with E-state index >= 15 is 0 Å². The Morgan fingerprint density at radius 2 is 2.26 bits per heavy atom. The highest BCUT2D eigenvalue weighted by molar-refractivity contribution is 5.91. The molecule has 0 aliphatic heterocycles. The minimum Gasteiger partial charge on any atom is -0.459 e. The second kappa shape index (κ2) is 6.73. The average Bonchev–Trinajstić information content (AvgIpc) is 2.98. The molecule has 2 heterocycles. The van der Waals surface area contributed by atoms with Crippen LogP contribution in [0, 0.1) is 0 Å². The molecule has 0 atom stereocenters. The van der Waals surface area contributed by atoms with E-state index in [9.17, 15) is 4.79 Å². The summed E-state index contributed by atoms with van der Waals surface area (Å²) in [4.78, 5) is 18.2. The Morgan fingerprint density at radius 1 is 1.37 bits per heavy atom. The summed E-state index contributed by atoms with van der Waals surface area (Å²) in [5.74, 6) is 0.322. The van der Waals surface area contributed by atoms with Crippen LogP contribution < -0.4 is 0 Å². The fourth-order valence-corrected chi connectivity index (χ4v) is 1.87. The van der Waals surface area contributed by atoms with Crippen LogP contribution in [0.2, 0.25) is 0 Å². The van der Waals surface area contributed by atoms with Crippen molar-refractivity contribution in [1.82, 2.24) is 9.88 Å². The molecule has 2 aromatic heterocycles. The summed E-state index contributed by atoms with van der Waals surface area (Å²) < 4.78 is 5.19. The Labute approximate surface area is 113 Å². The van der Waals surface area contributed by atoms with Crippen molar-refractivity contribution in [3.8, 4) is 0 Å². The zero-order valence-electron chi connectivity index (χ0n) is 11.1. The molecule has 0 fully saturated rings. The van der Waals surface area contributed by atoms with Gasteiger partial charge in [0.15, 0.2) is 5.76 Å². The molecule has 19 heavy (non-hydrogen) atoms. The number of carbonyl (C=O) groups is 1. The SMILES string of the molecule is CCCCN(Cc1cccnc1)C(=O)c1ccco1. The predicted octanol–water partition coefficient (Wildman–Crippen LogP) is 3.12. The molecule has 0 aliphatic carbocycles. The maximum atomic E-state index is 12.3. The smallest absolute Gasteiger partial charge is 0.289 e. The summed E-state index contributed by atoms with van der Waals surface area (Å²) in [5, 5.41) is 0. The molecular weight excluding hydrogens is 240 g/mol. The first-order valence-electron chi connectivity index (χ1n) is 6.53. The summed E-state index contributed by atoms with van der Waals surface area (Å²) in [6, 6.07) is 7.28. The zero-order chi connectivity index (χ0) is 13.5. The number of pyridine rings is 1. The van der Waals surface area contributed by atoms with Gasteiger partial charge in [-0.25, -0.2) is 0 Å². The molecule has 1 amide bonds. The lowest BCUT2D eigenvalue weighted by atomic mass is 10.2. The van der Waals surface area contributed by atoms with Crippen molar-refractivity contribution in [1.29, 1.82) is 0 Å². The third kappa shape index (κ3) is 3.68. The van der Waals surface area contributed by atoms with Gasteiger partial charge in [-0.15, -0.1) is 0 Å². The molecular formula is C15H18N2O2. The minimum absolute atomic E-state index is 0.0673. The normalized spacial score (nSPS) is 10.4. The number of carbonyl (C=O) groups excluding carboxylic acids is 1. The fourth-order valence-electron chi connectivity index (χ4n) is 1.87. The molecule has 0 N–H and O–H groups in total. The minimum atomic E-state index is -0.0673. The summed E-state index contributed by atoms with van der Waals surface area (Å²) in [7, 11) is 0. The van der Waals surface area contributed by atoms with Crippen molar-refractivity contribution in [2.24, 2.45) is 0 Å². The highest BCUT2D eigenvalue weighted by atomic mass is 16.3. The van der Waals surface area contributed by atoms with Crippen LogP contribution in [0.3, 0.4) is 0 Å². The number of hydrogen-bond donors (Lipinski definition) is 0. The molecule has 4 heteroatoms. The first-order chi connectivity index (χ1) is 9.31. The molecule has 0 spiro atoms. The summed E-state index contributed by atoms with van der Waals surface area (Å²) >= 11 is 0. The molecule has 0 aromatic carbocycles. The van der Waals surface area contributed by atoms with Crippen LogP contribution in [0.5, 0.6) is 0 Å². The van der Waals surface area contributed by atoms with E-state index in [0.717, 1.165) is 24.9 Å². The largest absolute Gasteiger partial charge is 0.459 e. The van der Waals surface area contributed by atoms with Crippen LogP contribution in [0.1, 0.15) is 35.9 Å². The van der Waals surface area contributed by atoms with Gasteiger partial charge in [-0.3, -0.25) is 9.78 Å². The zero-order valence-corrected chi connectivity index (χ0v) is 11.1. The van der Waals surface area contributed by atoms with Gasteiger partial charge >= 0.3 is 0 Å². The lowest BCUT2D eigenvalue weighted by Crippen LogP contribution is -2.31. The van der Waals surface area contributed by atoms with Gasteiger partial charge in [0.05, 0.1) is 6.26 Å². The van der Waals surface area contributed by atoms with Crippen LogP contribution in [0.25, 0.3) is 0 Å². The van der Waals surface area contributed by atoms with Gasteiger partial charge in [0.25, 0.3) is 5.91 Å². The van der Waals surface area contributed by atoms with Crippen molar-refractivity contribution in [3.63, 3.8) is 0 Å². The van der Waals surface area contributed by atoms with Crippen molar-refractivity contribution in [2.75, 3.05) is 6.54 Å². The fraction of sp³-hybridized carbons (Fsp3) is 0.333. The number of hydrogen-bond acceptors (Lipinski definition) is 3. The number of amides is 1. The van der Waals surface area contributed by atoms with Crippen molar-refractivity contribution in [3.05, 3.63) is 54.2 Å². The van der Waals surface area contributed by atoms with Gasteiger partial charge in [-0.1, -0.05) is 19.4 Å². The van der Waals surface area contributed by atoms with Crippen LogP contribution in [-0.2, 0) is 6.54 Å². The molecule has 0 bridgehead atoms. The Bertz CT molecular complexity index is 494. The van der Waals surface area contributed by atoms with Gasteiger partial charge in [0.2, 0.25) is 0 Å². The third-order valence-corrected chi connectivity index (χ3v) is 2.90. The van der Waals surface area contributed by atoms with Crippen molar-refractivity contribution in [2.45, 2.75) is 26.3 Å². The Morgan fingerprint density at radius 3 is 2.89 bits per heavy atom. The van der Waals surface area contributed by atoms with Gasteiger partial charge in [-0.05, 0) is 30.2 Å². The van der Waals surface area contributed by atoms with Gasteiger partial charge in [-0.2, -0.15) is 0 Å². The molecule has 0 saturated heterocycles. The maximum absolute atomic E-state index is 12.3. The first-order valence-corrected chi connectivity index (χ1v) is 6.53. The number of nitrogens with zero attached hydrogens (tertiary/aromatic N) is 2. The second-order valence-corrected chi connectivity index (χ2v) is 4.42. The molecule has 2 rings (SSSR count). The molecule has 0 unspecified atom stereocenters. The monoisotopic (exact) mass is 258 g/mol. The summed E-state index contributed by atoms with van der Waals surface area (Å²) in [6.45, 7) is 3.40. The Kier molecular flexibility index (Phi) is 4.72. The summed E-state index contributed by atoms with van der Waals surface area (Å²) in [5.41, 5.74) is 1.03. The lowest BCUT2D eigenvalue weighted by molar-refractivity contribution is 0.0708. The van der Waals surface area contributed by atoms with E-state index in [2.05, 4.69) is 11.9 Å². The standard InChI is InChI=1S/C15H18N2O2/c1-2-3-9-17(12-13-6-4-8-16-11-13)15(18)14-7-5-10-19-14/h4-8,10-11H,2-3,9,12H2,1H3. The van der Waals surface area contributed by atoms with E-state index in [1.54, 1.807) is 29.4 Å². The maximum Gasteiger partial charge on any atom is 0.289 e.